The van der Waals surface area contributed by atoms with Crippen LogP contribution >= 0.6 is 0 Å². The third-order valence-corrected chi connectivity index (χ3v) is 26.3. The van der Waals surface area contributed by atoms with Crippen LogP contribution in [-0.2, 0) is 9.59 Å². The molecular weight excluding hydrogens is 769 g/mol. The number of fused-ring (bicyclic) bond motifs is 6. The van der Waals surface area contributed by atoms with Crippen LogP contribution in [0, 0.1) is 22.9 Å². The molecule has 6 aromatic rings. The van der Waals surface area contributed by atoms with Crippen molar-refractivity contribution in [3.8, 4) is 22.9 Å². The maximum Gasteiger partial charge on any atom is 0.229 e. The molecule has 5 aromatic carbocycles. The minimum atomic E-state index is -2.24. The number of carbonyl (C=O) groups excluding carboxylic acids is 2. The van der Waals surface area contributed by atoms with Crippen LogP contribution in [0.15, 0.2) is 72.8 Å². The molecule has 0 spiro atoms. The van der Waals surface area contributed by atoms with Gasteiger partial charge in [0.25, 0.3) is 0 Å². The predicted octanol–water partition coefficient (Wildman–Crippen LogP) is 13.9. The van der Waals surface area contributed by atoms with Crippen molar-refractivity contribution >= 4 is 94.3 Å². The number of carbonyl (C=O) groups is 2. The average molecular weight is 829 g/mol. The van der Waals surface area contributed by atoms with Gasteiger partial charge in [-0.15, -0.1) is 11.1 Å². The molecule has 2 amide bonds. The molecule has 6 nitrogen and oxygen atoms in total. The summed E-state index contributed by atoms with van der Waals surface area (Å²) in [5, 5.41) is 6.05. The number of hydrogen-bond donors (Lipinski definition) is 0. The van der Waals surface area contributed by atoms with Crippen LogP contribution < -0.4 is 9.80 Å². The zero-order chi connectivity index (χ0) is 43.6. The molecule has 308 valence electrons. The van der Waals surface area contributed by atoms with E-state index in [-0.39, 0.29) is 11.8 Å². The monoisotopic (exact) mass is 828 g/mol. The minimum Gasteiger partial charge on any atom is -0.274 e. The van der Waals surface area contributed by atoms with Crippen molar-refractivity contribution < 1.29 is 9.59 Å². The first-order valence-electron chi connectivity index (χ1n) is 21.8. The molecule has 0 saturated carbocycles. The topological polar surface area (TPSA) is 66.4 Å². The number of hydrogen-bond acceptors (Lipinski definition) is 4. The molecule has 60 heavy (non-hydrogen) atoms. The van der Waals surface area contributed by atoms with Crippen LogP contribution in [0.3, 0.4) is 0 Å². The summed E-state index contributed by atoms with van der Waals surface area (Å²) < 4.78 is 0. The standard InChI is InChI=1S/C52H60N4O2Si2/c1-31(2)59(32(3)4,33(5)6)25-23-43-45-27-39-19-15-16-20-40(39)28-46(45)44(24-26-60(34(7)8,35(9)10)36(11)12)50-49(43)53-51-52(54-50)56(38(14)58)48-30-42-22-18-17-21-41(42)29-47(48)55(51)37(13)57/h15-22,27-36H,1-14H3. The number of amides is 2. The summed E-state index contributed by atoms with van der Waals surface area (Å²) in [5.41, 5.74) is 14.5. The van der Waals surface area contributed by atoms with Gasteiger partial charge in [0.1, 0.15) is 27.2 Å². The summed E-state index contributed by atoms with van der Waals surface area (Å²) in [7, 11) is -4.48. The maximum absolute atomic E-state index is 14.0. The van der Waals surface area contributed by atoms with E-state index < -0.39 is 16.1 Å². The van der Waals surface area contributed by atoms with E-state index in [4.69, 9.17) is 9.97 Å². The molecule has 1 aliphatic rings. The van der Waals surface area contributed by atoms with Crippen molar-refractivity contribution in [2.75, 3.05) is 9.80 Å². The number of benzene rings is 5. The molecule has 0 fully saturated rings. The summed E-state index contributed by atoms with van der Waals surface area (Å²) >= 11 is 0. The molecule has 0 saturated heterocycles. The lowest BCUT2D eigenvalue weighted by molar-refractivity contribution is -0.117. The summed E-state index contributed by atoms with van der Waals surface area (Å²) in [6.07, 6.45) is 0. The Morgan fingerprint density at radius 3 is 1.03 bits per heavy atom. The summed E-state index contributed by atoms with van der Waals surface area (Å²) in [5.74, 6) is 7.87. The van der Waals surface area contributed by atoms with Gasteiger partial charge in [-0.25, -0.2) is 9.97 Å². The Balaban J connectivity index is 1.73. The minimum absolute atomic E-state index is 0.225. The van der Waals surface area contributed by atoms with E-state index >= 15 is 0 Å². The quantitative estimate of drug-likeness (QED) is 0.0953. The van der Waals surface area contributed by atoms with E-state index in [1.807, 2.05) is 36.4 Å². The Labute approximate surface area is 359 Å². The van der Waals surface area contributed by atoms with Gasteiger partial charge in [0.15, 0.2) is 11.6 Å². The van der Waals surface area contributed by atoms with E-state index in [1.54, 1.807) is 23.6 Å². The van der Waals surface area contributed by atoms with E-state index in [0.29, 0.717) is 67.3 Å². The maximum atomic E-state index is 14.0. The molecule has 1 aromatic heterocycles. The molecule has 7 rings (SSSR count). The lowest BCUT2D eigenvalue weighted by Gasteiger charge is -2.38. The SMILES string of the molecule is CC(=O)N1c2cc3ccccc3cc2N(C(C)=O)c2nc3c(C#C[Si](C(C)C)(C(C)C)C(C)C)c4cc5ccccc5cc4c(C#C[Si](C(C)C)(C(C)C)C(C)C)c3nc21. The number of aromatic nitrogens is 2. The van der Waals surface area contributed by atoms with Gasteiger partial charge in [-0.05, 0) is 79.1 Å². The average Bonchev–Trinajstić information content (AvgIpc) is 3.17. The first-order valence-corrected chi connectivity index (χ1v) is 26.2. The Bertz CT molecular complexity index is 2620. The number of rotatable bonds is 6. The fourth-order valence-corrected chi connectivity index (χ4v) is 21.3. The Hall–Kier alpha value is -5.29. The highest BCUT2D eigenvalue weighted by atomic mass is 28.3. The molecule has 0 bridgehead atoms. The third kappa shape index (κ3) is 6.73. The first-order chi connectivity index (χ1) is 28.4. The molecule has 8 heteroatoms. The highest BCUT2D eigenvalue weighted by Gasteiger charge is 2.43. The van der Waals surface area contributed by atoms with Gasteiger partial charge < -0.3 is 0 Å². The highest BCUT2D eigenvalue weighted by molar-refractivity contribution is 6.91. The van der Waals surface area contributed by atoms with Crippen molar-refractivity contribution in [3.63, 3.8) is 0 Å². The molecule has 0 unspecified atom stereocenters. The molecule has 0 aliphatic carbocycles. The fourth-order valence-electron chi connectivity index (χ4n) is 10.9. The van der Waals surface area contributed by atoms with Crippen molar-refractivity contribution in [1.82, 2.24) is 9.97 Å². The highest BCUT2D eigenvalue weighted by Crippen LogP contribution is 2.50. The second-order valence-electron chi connectivity index (χ2n) is 18.8. The lowest BCUT2D eigenvalue weighted by atomic mass is 9.94. The number of nitrogens with zero attached hydrogens (tertiary/aromatic N) is 4. The van der Waals surface area contributed by atoms with E-state index in [9.17, 15) is 9.59 Å². The van der Waals surface area contributed by atoms with Gasteiger partial charge in [0, 0.05) is 24.6 Å². The molecule has 2 heterocycles. The van der Waals surface area contributed by atoms with E-state index in [1.165, 1.54) is 0 Å². The Morgan fingerprint density at radius 1 is 0.483 bits per heavy atom. The zero-order valence-corrected chi connectivity index (χ0v) is 40.0. The van der Waals surface area contributed by atoms with Crippen LogP contribution in [0.25, 0.3) is 43.4 Å². The lowest BCUT2D eigenvalue weighted by Crippen LogP contribution is -2.43. The van der Waals surface area contributed by atoms with Crippen molar-refractivity contribution in [1.29, 1.82) is 0 Å². The van der Waals surface area contributed by atoms with Crippen LogP contribution in [0.1, 0.15) is 108 Å². The van der Waals surface area contributed by atoms with Gasteiger partial charge in [0.2, 0.25) is 11.8 Å². The van der Waals surface area contributed by atoms with Crippen LogP contribution in [0.4, 0.5) is 23.0 Å². The van der Waals surface area contributed by atoms with Gasteiger partial charge >= 0.3 is 0 Å². The van der Waals surface area contributed by atoms with Gasteiger partial charge in [-0.2, -0.15) is 0 Å². The molecule has 0 atom stereocenters. The van der Waals surface area contributed by atoms with Gasteiger partial charge in [0.05, 0.1) is 22.5 Å². The summed E-state index contributed by atoms with van der Waals surface area (Å²) in [4.78, 5) is 42.2. The van der Waals surface area contributed by atoms with Crippen molar-refractivity contribution in [2.45, 2.75) is 130 Å². The molecular formula is C52H60N4O2Si2. The summed E-state index contributed by atoms with van der Waals surface area (Å²) in [6.45, 7) is 31.0. The molecule has 0 radical (unpaired) electrons. The van der Waals surface area contributed by atoms with Crippen LogP contribution in [0.2, 0.25) is 33.2 Å². The van der Waals surface area contributed by atoms with Gasteiger partial charge in [-0.3, -0.25) is 19.4 Å². The second kappa shape index (κ2) is 16.0. The molecule has 0 N–H and O–H groups in total. The van der Waals surface area contributed by atoms with Crippen molar-refractivity contribution in [2.24, 2.45) is 0 Å². The van der Waals surface area contributed by atoms with Crippen LogP contribution in [-0.4, -0.2) is 37.9 Å². The predicted molar refractivity (Wildman–Crippen MR) is 260 cm³/mol. The first kappa shape index (κ1) is 42.8. The Kier molecular flexibility index (Phi) is 11.4. The van der Waals surface area contributed by atoms with Crippen LogP contribution in [0.5, 0.6) is 0 Å². The number of anilines is 4. The zero-order valence-electron chi connectivity index (χ0n) is 38.0. The summed E-state index contributed by atoms with van der Waals surface area (Å²) in [6, 6.07) is 24.9. The molecule has 1 aliphatic heterocycles. The Morgan fingerprint density at radius 2 is 0.767 bits per heavy atom. The largest absolute Gasteiger partial charge is 0.274 e. The fraction of sp³-hybridized carbons (Fsp3) is 0.385. The van der Waals surface area contributed by atoms with Gasteiger partial charge in [-0.1, -0.05) is 143 Å². The second-order valence-corrected chi connectivity index (χ2v) is 29.9. The smallest absolute Gasteiger partial charge is 0.229 e. The third-order valence-electron chi connectivity index (χ3n) is 13.7. The van der Waals surface area contributed by atoms with E-state index in [2.05, 4.69) is 142 Å². The van der Waals surface area contributed by atoms with Crippen molar-refractivity contribution in [3.05, 3.63) is 83.9 Å². The normalized spacial score (nSPS) is 13.2. The van der Waals surface area contributed by atoms with E-state index in [0.717, 1.165) is 43.4 Å².